The van der Waals surface area contributed by atoms with Gasteiger partial charge in [0, 0.05) is 30.4 Å². The molecule has 25 heavy (non-hydrogen) atoms. The van der Waals surface area contributed by atoms with Gasteiger partial charge in [-0.05, 0) is 30.5 Å². The van der Waals surface area contributed by atoms with Crippen molar-refractivity contribution in [3.05, 3.63) is 59.9 Å². The molecule has 6 nitrogen and oxygen atoms in total. The summed E-state index contributed by atoms with van der Waals surface area (Å²) in [7, 11) is 0. The Morgan fingerprint density at radius 1 is 1.24 bits per heavy atom. The predicted octanol–water partition coefficient (Wildman–Crippen LogP) is 1.86. The minimum absolute atomic E-state index is 0.124. The van der Waals surface area contributed by atoms with Crippen LogP contribution in [0.5, 0.6) is 0 Å². The van der Waals surface area contributed by atoms with Crippen molar-refractivity contribution in [3.8, 4) is 0 Å². The summed E-state index contributed by atoms with van der Waals surface area (Å²) < 4.78 is 0. The van der Waals surface area contributed by atoms with Crippen LogP contribution in [0.15, 0.2) is 53.7 Å². The van der Waals surface area contributed by atoms with Gasteiger partial charge in [0.15, 0.2) is 0 Å². The van der Waals surface area contributed by atoms with E-state index in [0.717, 1.165) is 17.7 Å². The van der Waals surface area contributed by atoms with Gasteiger partial charge in [0.05, 0.1) is 12.0 Å². The van der Waals surface area contributed by atoms with Crippen LogP contribution in [-0.4, -0.2) is 29.1 Å². The van der Waals surface area contributed by atoms with Gasteiger partial charge < -0.3 is 16.0 Å². The summed E-state index contributed by atoms with van der Waals surface area (Å²) in [5.41, 5.74) is 7.81. The molecule has 1 heterocycles. The lowest BCUT2D eigenvalue weighted by Gasteiger charge is -2.38. The number of amides is 1. The van der Waals surface area contributed by atoms with Crippen LogP contribution >= 0.6 is 0 Å². The highest BCUT2D eigenvalue weighted by atomic mass is 16.1. The molecule has 1 amide bonds. The summed E-state index contributed by atoms with van der Waals surface area (Å²) in [5, 5.41) is 3.46. The van der Waals surface area contributed by atoms with Gasteiger partial charge in [-0.1, -0.05) is 30.3 Å². The second-order valence-electron chi connectivity index (χ2n) is 6.49. The first kappa shape index (κ1) is 17.1. The van der Waals surface area contributed by atoms with E-state index >= 15 is 0 Å². The maximum atomic E-state index is 12.0. The fourth-order valence-corrected chi connectivity index (χ4v) is 3.69. The number of rotatable bonds is 6. The molecule has 4 unspecified atom stereocenters. The highest BCUT2D eigenvalue weighted by molar-refractivity contribution is 5.78. The number of isocyanates is 1. The van der Waals surface area contributed by atoms with E-state index in [1.165, 1.54) is 0 Å². The van der Waals surface area contributed by atoms with Crippen molar-refractivity contribution < 1.29 is 9.59 Å². The van der Waals surface area contributed by atoms with Gasteiger partial charge in [-0.25, -0.2) is 9.79 Å². The van der Waals surface area contributed by atoms with Crippen LogP contribution < -0.4 is 11.1 Å². The standard InChI is InChI=1S/C19H22N4O2/c20-19(25)15-9-14(16-7-4-8-21-16)10-17(18(15)23-12-24)22-11-13-5-2-1-3-6-13/h1-8,14-15,17-18,21-22H,9-11H2,(H2,20,25). The van der Waals surface area contributed by atoms with Crippen molar-refractivity contribution in [2.45, 2.75) is 37.4 Å². The van der Waals surface area contributed by atoms with Crippen LogP contribution in [0.1, 0.15) is 30.0 Å². The Morgan fingerprint density at radius 2 is 2.04 bits per heavy atom. The molecule has 3 rings (SSSR count). The van der Waals surface area contributed by atoms with Crippen LogP contribution in [0.25, 0.3) is 0 Å². The molecule has 1 aliphatic rings. The Labute approximate surface area is 146 Å². The zero-order chi connectivity index (χ0) is 17.6. The molecule has 1 saturated carbocycles. The first-order chi connectivity index (χ1) is 12.2. The average molecular weight is 338 g/mol. The monoisotopic (exact) mass is 338 g/mol. The Bertz CT molecular complexity index is 738. The lowest BCUT2D eigenvalue weighted by molar-refractivity contribution is -0.123. The minimum Gasteiger partial charge on any atom is -0.369 e. The summed E-state index contributed by atoms with van der Waals surface area (Å²) in [4.78, 5) is 30.0. The van der Waals surface area contributed by atoms with E-state index in [9.17, 15) is 9.59 Å². The Balaban J connectivity index is 1.81. The van der Waals surface area contributed by atoms with E-state index < -0.39 is 17.9 Å². The molecule has 6 heteroatoms. The summed E-state index contributed by atoms with van der Waals surface area (Å²) in [6.45, 7) is 0.638. The molecule has 0 saturated heterocycles. The van der Waals surface area contributed by atoms with E-state index in [2.05, 4.69) is 15.3 Å². The van der Waals surface area contributed by atoms with E-state index in [0.29, 0.717) is 13.0 Å². The highest BCUT2D eigenvalue weighted by Crippen LogP contribution is 2.37. The number of nitrogens with two attached hydrogens (primary N) is 1. The van der Waals surface area contributed by atoms with Gasteiger partial charge in [-0.3, -0.25) is 4.79 Å². The van der Waals surface area contributed by atoms with Gasteiger partial charge in [-0.2, -0.15) is 0 Å². The van der Waals surface area contributed by atoms with E-state index in [1.54, 1.807) is 6.08 Å². The molecular weight excluding hydrogens is 316 g/mol. The van der Waals surface area contributed by atoms with E-state index in [4.69, 9.17) is 5.73 Å². The third-order valence-corrected chi connectivity index (χ3v) is 4.94. The lowest BCUT2D eigenvalue weighted by atomic mass is 9.73. The fourth-order valence-electron chi connectivity index (χ4n) is 3.69. The molecule has 1 aromatic heterocycles. The molecule has 130 valence electrons. The van der Waals surface area contributed by atoms with Crippen LogP contribution in [0, 0.1) is 5.92 Å². The first-order valence-corrected chi connectivity index (χ1v) is 8.46. The molecule has 0 radical (unpaired) electrons. The number of carbonyl (C=O) groups excluding carboxylic acids is 2. The van der Waals surface area contributed by atoms with Gasteiger partial charge in [0.25, 0.3) is 0 Å². The Morgan fingerprint density at radius 3 is 2.68 bits per heavy atom. The quantitative estimate of drug-likeness (QED) is 0.553. The molecule has 0 bridgehead atoms. The van der Waals surface area contributed by atoms with Crippen LogP contribution in [-0.2, 0) is 16.1 Å². The Hall–Kier alpha value is -2.69. The number of carbonyl (C=O) groups is 1. The number of aromatic amines is 1. The lowest BCUT2D eigenvalue weighted by Crippen LogP contribution is -2.51. The van der Waals surface area contributed by atoms with Crippen LogP contribution in [0.2, 0.25) is 0 Å². The molecular formula is C19H22N4O2. The largest absolute Gasteiger partial charge is 0.369 e. The molecule has 0 spiro atoms. The highest BCUT2D eigenvalue weighted by Gasteiger charge is 2.41. The smallest absolute Gasteiger partial charge is 0.235 e. The first-order valence-electron chi connectivity index (χ1n) is 8.46. The molecule has 4 atom stereocenters. The van der Waals surface area contributed by atoms with Gasteiger partial charge in [0.1, 0.15) is 0 Å². The normalized spacial score (nSPS) is 25.9. The third-order valence-electron chi connectivity index (χ3n) is 4.94. The number of aromatic nitrogens is 1. The van der Waals surface area contributed by atoms with Crippen molar-refractivity contribution in [2.75, 3.05) is 0 Å². The number of hydrogen-bond donors (Lipinski definition) is 3. The summed E-state index contributed by atoms with van der Waals surface area (Å²) in [6, 6.07) is 13.3. The summed E-state index contributed by atoms with van der Waals surface area (Å²) in [5.74, 6) is -0.748. The molecule has 0 aliphatic heterocycles. The van der Waals surface area contributed by atoms with Crippen molar-refractivity contribution >= 4 is 12.0 Å². The SMILES string of the molecule is NC(=O)C1CC(c2ccc[nH]2)CC(NCc2ccccc2)C1N=C=O. The maximum absolute atomic E-state index is 12.0. The number of benzene rings is 1. The van der Waals surface area contributed by atoms with Crippen molar-refractivity contribution in [3.63, 3.8) is 0 Å². The summed E-state index contributed by atoms with van der Waals surface area (Å²) >= 11 is 0. The minimum atomic E-state index is -0.489. The van der Waals surface area contributed by atoms with Crippen molar-refractivity contribution in [1.29, 1.82) is 0 Å². The van der Waals surface area contributed by atoms with Gasteiger partial charge in [-0.15, -0.1) is 0 Å². The number of hydrogen-bond acceptors (Lipinski definition) is 4. The van der Waals surface area contributed by atoms with Gasteiger partial charge in [0.2, 0.25) is 12.0 Å². The summed E-state index contributed by atoms with van der Waals surface area (Å²) in [6.07, 6.45) is 4.84. The molecule has 2 aromatic rings. The molecule has 4 N–H and O–H groups in total. The number of H-pyrrole nitrogens is 1. The fraction of sp³-hybridized carbons (Fsp3) is 0.368. The zero-order valence-corrected chi connectivity index (χ0v) is 13.9. The van der Waals surface area contributed by atoms with Gasteiger partial charge >= 0.3 is 0 Å². The molecule has 1 aliphatic carbocycles. The van der Waals surface area contributed by atoms with Crippen LogP contribution in [0.3, 0.4) is 0 Å². The molecule has 1 aromatic carbocycles. The Kier molecular flexibility index (Phi) is 5.43. The number of nitrogens with zero attached hydrogens (tertiary/aromatic N) is 1. The predicted molar refractivity (Wildman–Crippen MR) is 94.4 cm³/mol. The number of primary amides is 1. The van der Waals surface area contributed by atoms with Crippen molar-refractivity contribution in [2.24, 2.45) is 16.6 Å². The third kappa shape index (κ3) is 4.05. The van der Waals surface area contributed by atoms with Crippen LogP contribution in [0.4, 0.5) is 0 Å². The second kappa shape index (κ2) is 7.92. The van der Waals surface area contributed by atoms with E-state index in [1.807, 2.05) is 48.7 Å². The topological polar surface area (TPSA) is 100 Å². The number of aliphatic imine (C=N–C) groups is 1. The average Bonchev–Trinajstić information content (AvgIpc) is 3.16. The molecule has 1 fully saturated rings. The van der Waals surface area contributed by atoms with Crippen molar-refractivity contribution in [1.82, 2.24) is 10.3 Å². The second-order valence-corrected chi connectivity index (χ2v) is 6.49. The number of nitrogens with one attached hydrogen (secondary N) is 2. The van der Waals surface area contributed by atoms with E-state index in [-0.39, 0.29) is 12.0 Å². The maximum Gasteiger partial charge on any atom is 0.235 e. The zero-order valence-electron chi connectivity index (χ0n) is 13.9.